The van der Waals surface area contributed by atoms with Crippen LogP contribution in [0.4, 0.5) is 5.82 Å². The number of imidazole rings is 1. The first-order chi connectivity index (χ1) is 11.6. The third-order valence-corrected chi connectivity index (χ3v) is 4.56. The third kappa shape index (κ3) is 4.24. The second-order valence-corrected chi connectivity index (χ2v) is 9.41. The standard InChI is InChI=1S/C21H26BrN3/c1-20(2,3)14-21(4,5)24-19-18(15-9-7-6-8-10-15)23-17-13-16(22)11-12-25(17)19/h6-13,24H,14H2,1-5H3. The summed E-state index contributed by atoms with van der Waals surface area (Å²) < 4.78 is 3.17. The molecule has 2 heterocycles. The predicted octanol–water partition coefficient (Wildman–Crippen LogP) is 6.39. The number of hydrogen-bond donors (Lipinski definition) is 1. The zero-order chi connectivity index (χ0) is 18.2. The van der Waals surface area contributed by atoms with Crippen LogP contribution in [0.3, 0.4) is 0 Å². The molecule has 3 aromatic rings. The molecule has 0 atom stereocenters. The van der Waals surface area contributed by atoms with Gasteiger partial charge in [0.25, 0.3) is 0 Å². The molecule has 0 radical (unpaired) electrons. The van der Waals surface area contributed by atoms with E-state index in [0.29, 0.717) is 0 Å². The van der Waals surface area contributed by atoms with Crippen molar-refractivity contribution in [1.29, 1.82) is 0 Å². The van der Waals surface area contributed by atoms with Crippen LogP contribution in [0.1, 0.15) is 41.0 Å². The Kier molecular flexibility index (Phi) is 4.67. The third-order valence-electron chi connectivity index (χ3n) is 4.06. The van der Waals surface area contributed by atoms with Crippen molar-refractivity contribution >= 4 is 27.4 Å². The highest BCUT2D eigenvalue weighted by Crippen LogP contribution is 2.35. The summed E-state index contributed by atoms with van der Waals surface area (Å²) in [5.74, 6) is 1.04. The van der Waals surface area contributed by atoms with Crippen LogP contribution in [0, 0.1) is 5.41 Å². The molecule has 0 bridgehead atoms. The Hall–Kier alpha value is -1.81. The topological polar surface area (TPSA) is 29.3 Å². The van der Waals surface area contributed by atoms with E-state index < -0.39 is 0 Å². The number of aromatic nitrogens is 2. The smallest absolute Gasteiger partial charge is 0.140 e. The summed E-state index contributed by atoms with van der Waals surface area (Å²) in [6, 6.07) is 14.5. The molecule has 0 saturated heterocycles. The van der Waals surface area contributed by atoms with Crippen molar-refractivity contribution in [1.82, 2.24) is 9.38 Å². The first-order valence-electron chi connectivity index (χ1n) is 8.66. The molecule has 0 aliphatic heterocycles. The molecule has 0 spiro atoms. The van der Waals surface area contributed by atoms with Gasteiger partial charge in [-0.1, -0.05) is 67.0 Å². The van der Waals surface area contributed by atoms with E-state index in [1.807, 2.05) is 18.2 Å². The van der Waals surface area contributed by atoms with Crippen LogP contribution >= 0.6 is 15.9 Å². The molecule has 132 valence electrons. The summed E-state index contributed by atoms with van der Waals surface area (Å²) in [5, 5.41) is 3.77. The van der Waals surface area contributed by atoms with Crippen molar-refractivity contribution in [2.45, 2.75) is 46.6 Å². The number of halogens is 1. The monoisotopic (exact) mass is 399 g/mol. The summed E-state index contributed by atoms with van der Waals surface area (Å²) in [6.07, 6.45) is 3.12. The Balaban J connectivity index is 2.12. The van der Waals surface area contributed by atoms with Gasteiger partial charge in [0, 0.05) is 21.8 Å². The molecular weight excluding hydrogens is 374 g/mol. The highest BCUT2D eigenvalue weighted by molar-refractivity contribution is 9.10. The lowest BCUT2D eigenvalue weighted by atomic mass is 9.82. The second kappa shape index (κ2) is 6.49. The van der Waals surface area contributed by atoms with E-state index in [2.05, 4.69) is 90.7 Å². The van der Waals surface area contributed by atoms with Gasteiger partial charge in [-0.3, -0.25) is 4.40 Å². The molecule has 25 heavy (non-hydrogen) atoms. The van der Waals surface area contributed by atoms with Gasteiger partial charge in [-0.15, -0.1) is 0 Å². The molecule has 0 aliphatic carbocycles. The minimum atomic E-state index is -0.0508. The average molecular weight is 400 g/mol. The minimum Gasteiger partial charge on any atom is -0.364 e. The number of nitrogens with one attached hydrogen (secondary N) is 1. The van der Waals surface area contributed by atoms with E-state index in [1.54, 1.807) is 0 Å². The molecular formula is C21H26BrN3. The molecule has 0 aliphatic rings. The average Bonchev–Trinajstić information content (AvgIpc) is 2.82. The van der Waals surface area contributed by atoms with Gasteiger partial charge in [-0.2, -0.15) is 0 Å². The van der Waals surface area contributed by atoms with Crippen molar-refractivity contribution < 1.29 is 0 Å². The van der Waals surface area contributed by atoms with Gasteiger partial charge in [0.2, 0.25) is 0 Å². The van der Waals surface area contributed by atoms with E-state index in [4.69, 9.17) is 4.98 Å². The Morgan fingerprint density at radius 1 is 1.04 bits per heavy atom. The Morgan fingerprint density at radius 2 is 1.72 bits per heavy atom. The number of anilines is 1. The molecule has 2 aromatic heterocycles. The molecule has 0 fully saturated rings. The second-order valence-electron chi connectivity index (χ2n) is 8.49. The van der Waals surface area contributed by atoms with Crippen LogP contribution in [0.5, 0.6) is 0 Å². The predicted molar refractivity (Wildman–Crippen MR) is 110 cm³/mol. The maximum Gasteiger partial charge on any atom is 0.140 e. The van der Waals surface area contributed by atoms with Gasteiger partial charge in [0.15, 0.2) is 0 Å². The summed E-state index contributed by atoms with van der Waals surface area (Å²) in [5.41, 5.74) is 3.23. The lowest BCUT2D eigenvalue weighted by Gasteiger charge is -2.34. The normalized spacial score (nSPS) is 12.6. The summed E-state index contributed by atoms with van der Waals surface area (Å²) in [7, 11) is 0. The fourth-order valence-corrected chi connectivity index (χ4v) is 3.95. The van der Waals surface area contributed by atoms with Crippen molar-refractivity contribution in [3.05, 3.63) is 53.1 Å². The lowest BCUT2D eigenvalue weighted by Crippen LogP contribution is -2.36. The van der Waals surface area contributed by atoms with Crippen LogP contribution in [0.15, 0.2) is 53.1 Å². The Morgan fingerprint density at radius 3 is 2.36 bits per heavy atom. The maximum absolute atomic E-state index is 4.89. The Labute approximate surface area is 158 Å². The molecule has 3 nitrogen and oxygen atoms in total. The zero-order valence-corrected chi connectivity index (χ0v) is 17.2. The van der Waals surface area contributed by atoms with Gasteiger partial charge in [0.1, 0.15) is 17.2 Å². The number of pyridine rings is 1. The van der Waals surface area contributed by atoms with E-state index in [-0.39, 0.29) is 11.0 Å². The summed E-state index contributed by atoms with van der Waals surface area (Å²) in [6.45, 7) is 11.3. The molecule has 0 saturated carbocycles. The van der Waals surface area contributed by atoms with Gasteiger partial charge < -0.3 is 5.32 Å². The van der Waals surface area contributed by atoms with Crippen LogP contribution in [-0.4, -0.2) is 14.9 Å². The number of fused-ring (bicyclic) bond motifs is 1. The van der Waals surface area contributed by atoms with Crippen LogP contribution in [0.2, 0.25) is 0 Å². The van der Waals surface area contributed by atoms with Crippen LogP contribution < -0.4 is 5.32 Å². The molecule has 0 amide bonds. The quantitative estimate of drug-likeness (QED) is 0.550. The molecule has 1 N–H and O–H groups in total. The van der Waals surface area contributed by atoms with Gasteiger partial charge >= 0.3 is 0 Å². The molecule has 1 aromatic carbocycles. The fourth-order valence-electron chi connectivity index (χ4n) is 3.63. The fraction of sp³-hybridized carbons (Fsp3) is 0.381. The van der Waals surface area contributed by atoms with Gasteiger partial charge in [-0.25, -0.2) is 4.98 Å². The number of benzene rings is 1. The number of hydrogen-bond acceptors (Lipinski definition) is 2. The molecule has 4 heteroatoms. The highest BCUT2D eigenvalue weighted by atomic mass is 79.9. The summed E-state index contributed by atoms with van der Waals surface area (Å²) >= 11 is 3.55. The van der Waals surface area contributed by atoms with Crippen molar-refractivity contribution in [2.24, 2.45) is 5.41 Å². The number of rotatable bonds is 4. The Bertz CT molecular complexity index is 873. The molecule has 0 unspecified atom stereocenters. The zero-order valence-electron chi connectivity index (χ0n) is 15.6. The van der Waals surface area contributed by atoms with E-state index in [0.717, 1.165) is 33.6 Å². The van der Waals surface area contributed by atoms with E-state index in [1.165, 1.54) is 0 Å². The first kappa shape index (κ1) is 18.0. The number of nitrogens with zero attached hydrogens (tertiary/aromatic N) is 2. The minimum absolute atomic E-state index is 0.0508. The van der Waals surface area contributed by atoms with Crippen molar-refractivity contribution in [2.75, 3.05) is 5.32 Å². The van der Waals surface area contributed by atoms with Gasteiger partial charge in [0.05, 0.1) is 0 Å². The van der Waals surface area contributed by atoms with E-state index in [9.17, 15) is 0 Å². The van der Waals surface area contributed by atoms with E-state index >= 15 is 0 Å². The largest absolute Gasteiger partial charge is 0.364 e. The lowest BCUT2D eigenvalue weighted by molar-refractivity contribution is 0.302. The van der Waals surface area contributed by atoms with Crippen molar-refractivity contribution in [3.63, 3.8) is 0 Å². The SMILES string of the molecule is CC(C)(C)CC(C)(C)Nc1c(-c2ccccc2)nc2cc(Br)ccn12. The highest BCUT2D eigenvalue weighted by Gasteiger charge is 2.28. The van der Waals surface area contributed by atoms with Crippen LogP contribution in [0.25, 0.3) is 16.9 Å². The first-order valence-corrected chi connectivity index (χ1v) is 9.45. The summed E-state index contributed by atoms with van der Waals surface area (Å²) in [4.78, 5) is 4.89. The van der Waals surface area contributed by atoms with Crippen LogP contribution in [-0.2, 0) is 0 Å². The molecule has 3 rings (SSSR count). The van der Waals surface area contributed by atoms with Gasteiger partial charge in [-0.05, 0) is 37.8 Å². The van der Waals surface area contributed by atoms with Crippen molar-refractivity contribution in [3.8, 4) is 11.3 Å². The maximum atomic E-state index is 4.89.